The molecule has 1 saturated heterocycles. The number of nitrogens with zero attached hydrogens (tertiary/aromatic N) is 3. The van der Waals surface area contributed by atoms with Crippen LogP contribution in [0.15, 0.2) is 35.4 Å². The van der Waals surface area contributed by atoms with Gasteiger partial charge in [0, 0.05) is 42.3 Å². The van der Waals surface area contributed by atoms with Crippen LogP contribution in [0, 0.1) is 0 Å². The van der Waals surface area contributed by atoms with Crippen LogP contribution in [-0.2, 0) is 16.1 Å². The molecule has 0 radical (unpaired) electrons. The number of hydrogen-bond acceptors (Lipinski definition) is 4. The zero-order valence-electron chi connectivity index (χ0n) is 15.8. The van der Waals surface area contributed by atoms with Gasteiger partial charge in [-0.05, 0) is 44.7 Å². The van der Waals surface area contributed by atoms with Crippen molar-refractivity contribution in [1.82, 2.24) is 14.4 Å². The molecule has 1 aliphatic rings. The molecule has 1 fully saturated rings. The highest BCUT2D eigenvalue weighted by molar-refractivity contribution is 8.18. The third-order valence-corrected chi connectivity index (χ3v) is 5.62. The van der Waals surface area contributed by atoms with Crippen molar-refractivity contribution >= 4 is 45.8 Å². The average Bonchev–Trinajstić information content (AvgIpc) is 3.13. The van der Waals surface area contributed by atoms with Gasteiger partial charge in [-0.3, -0.25) is 19.3 Å². The number of amides is 3. The van der Waals surface area contributed by atoms with E-state index in [9.17, 15) is 14.4 Å². The number of benzene rings is 1. The molecule has 2 heterocycles. The molecular weight excluding hydrogens is 362 g/mol. The van der Waals surface area contributed by atoms with Gasteiger partial charge in [0.25, 0.3) is 11.1 Å². The van der Waals surface area contributed by atoms with E-state index in [2.05, 4.69) is 0 Å². The summed E-state index contributed by atoms with van der Waals surface area (Å²) in [5.41, 5.74) is 1.76. The topological polar surface area (TPSA) is 62.6 Å². The maximum absolute atomic E-state index is 12.5. The van der Waals surface area contributed by atoms with Crippen molar-refractivity contribution in [3.05, 3.63) is 40.9 Å². The Labute approximate surface area is 162 Å². The van der Waals surface area contributed by atoms with E-state index in [-0.39, 0.29) is 23.6 Å². The third-order valence-electron chi connectivity index (χ3n) is 4.72. The van der Waals surface area contributed by atoms with E-state index >= 15 is 0 Å². The first-order valence-corrected chi connectivity index (χ1v) is 9.92. The Morgan fingerprint density at radius 1 is 1.15 bits per heavy atom. The number of imide groups is 1. The van der Waals surface area contributed by atoms with Gasteiger partial charge in [0.05, 0.1) is 4.91 Å². The van der Waals surface area contributed by atoms with Crippen molar-refractivity contribution in [1.29, 1.82) is 0 Å². The molecule has 142 valence electrons. The van der Waals surface area contributed by atoms with Crippen LogP contribution in [0.4, 0.5) is 4.79 Å². The van der Waals surface area contributed by atoms with Gasteiger partial charge in [-0.15, -0.1) is 0 Å². The fourth-order valence-electron chi connectivity index (χ4n) is 3.26. The highest BCUT2D eigenvalue weighted by atomic mass is 32.2. The number of fused-ring (bicyclic) bond motifs is 1. The maximum Gasteiger partial charge on any atom is 0.293 e. The lowest BCUT2D eigenvalue weighted by Gasteiger charge is -2.19. The molecule has 0 saturated carbocycles. The summed E-state index contributed by atoms with van der Waals surface area (Å²) in [7, 11) is 0. The minimum Gasteiger partial charge on any atom is -0.342 e. The largest absolute Gasteiger partial charge is 0.342 e. The maximum atomic E-state index is 12.5. The quantitative estimate of drug-likeness (QED) is 0.713. The fourth-order valence-corrected chi connectivity index (χ4v) is 4.15. The van der Waals surface area contributed by atoms with Gasteiger partial charge < -0.3 is 9.47 Å². The van der Waals surface area contributed by atoms with Crippen LogP contribution in [0.1, 0.15) is 26.3 Å². The molecular formula is C20H23N3O3S. The first-order valence-electron chi connectivity index (χ1n) is 9.11. The molecule has 3 rings (SSSR count). The lowest BCUT2D eigenvalue weighted by molar-refractivity contribution is -0.131. The summed E-state index contributed by atoms with van der Waals surface area (Å²) in [6.07, 6.45) is 3.63. The molecule has 0 N–H and O–H groups in total. The predicted octanol–water partition coefficient (Wildman–Crippen LogP) is 3.57. The van der Waals surface area contributed by atoms with Crippen LogP contribution in [0.3, 0.4) is 0 Å². The smallest absolute Gasteiger partial charge is 0.293 e. The molecule has 0 atom stereocenters. The van der Waals surface area contributed by atoms with Crippen molar-refractivity contribution in [2.24, 2.45) is 0 Å². The Morgan fingerprint density at radius 3 is 2.48 bits per heavy atom. The minimum atomic E-state index is -0.261. The first-order chi connectivity index (χ1) is 13.0. The molecule has 2 aromatic rings. The summed E-state index contributed by atoms with van der Waals surface area (Å²) in [5, 5.41) is 0.711. The molecule has 6 nitrogen and oxygen atoms in total. The fraction of sp³-hybridized carbons (Fsp3) is 0.350. The molecule has 0 aliphatic carbocycles. The Bertz CT molecular complexity index is 928. The molecule has 0 spiro atoms. The van der Waals surface area contributed by atoms with E-state index in [1.807, 2.05) is 48.9 Å². The van der Waals surface area contributed by atoms with Crippen LogP contribution >= 0.6 is 11.8 Å². The van der Waals surface area contributed by atoms with E-state index in [4.69, 9.17) is 0 Å². The van der Waals surface area contributed by atoms with E-state index in [1.165, 1.54) is 4.90 Å². The molecule has 3 amide bonds. The first kappa shape index (κ1) is 19.2. The summed E-state index contributed by atoms with van der Waals surface area (Å²) < 4.78 is 1.91. The number of carbonyl (C=O) groups excluding carboxylic acids is 3. The zero-order chi connectivity index (χ0) is 19.6. The zero-order valence-corrected chi connectivity index (χ0v) is 16.6. The highest BCUT2D eigenvalue weighted by Crippen LogP contribution is 2.33. The van der Waals surface area contributed by atoms with Crippen LogP contribution in [0.5, 0.6) is 0 Å². The molecule has 1 aromatic heterocycles. The van der Waals surface area contributed by atoms with Gasteiger partial charge in [0.15, 0.2) is 0 Å². The summed E-state index contributed by atoms with van der Waals surface area (Å²) in [6, 6.07) is 7.77. The number of hydrogen-bond donors (Lipinski definition) is 0. The van der Waals surface area contributed by atoms with Crippen LogP contribution in [0.25, 0.3) is 17.0 Å². The predicted molar refractivity (Wildman–Crippen MR) is 108 cm³/mol. The highest BCUT2D eigenvalue weighted by Gasteiger charge is 2.33. The van der Waals surface area contributed by atoms with Gasteiger partial charge in [0.1, 0.15) is 6.54 Å². The second-order valence-corrected chi connectivity index (χ2v) is 7.21. The Balaban J connectivity index is 1.98. The second-order valence-electron chi connectivity index (χ2n) is 6.22. The van der Waals surface area contributed by atoms with Crippen molar-refractivity contribution in [3.63, 3.8) is 0 Å². The molecule has 27 heavy (non-hydrogen) atoms. The number of rotatable bonds is 6. The third kappa shape index (κ3) is 3.64. The van der Waals surface area contributed by atoms with Gasteiger partial charge in [-0.25, -0.2) is 0 Å². The Morgan fingerprint density at radius 2 is 1.85 bits per heavy atom. The summed E-state index contributed by atoms with van der Waals surface area (Å²) >= 11 is 0.959. The Hall–Kier alpha value is -2.54. The number of para-hydroxylation sites is 1. The summed E-state index contributed by atoms with van der Waals surface area (Å²) in [6.45, 7) is 7.66. The van der Waals surface area contributed by atoms with Crippen molar-refractivity contribution in [2.75, 3.05) is 19.6 Å². The minimum absolute atomic E-state index is 0.0543. The van der Waals surface area contributed by atoms with E-state index in [0.717, 1.165) is 28.2 Å². The summed E-state index contributed by atoms with van der Waals surface area (Å²) in [5.74, 6) is -0.206. The average molecular weight is 385 g/mol. The number of carbonyl (C=O) groups is 3. The van der Waals surface area contributed by atoms with Gasteiger partial charge >= 0.3 is 0 Å². The van der Waals surface area contributed by atoms with Crippen LogP contribution < -0.4 is 0 Å². The monoisotopic (exact) mass is 385 g/mol. The van der Waals surface area contributed by atoms with E-state index in [1.54, 1.807) is 17.9 Å². The molecule has 0 bridgehead atoms. The Kier molecular flexibility index (Phi) is 5.70. The van der Waals surface area contributed by atoms with Gasteiger partial charge in [0.2, 0.25) is 5.91 Å². The SMILES string of the molecule is CCN(CC)C(=O)Cn1cc(/C=C2\SC(=O)N(CC)C2=O)c2ccccc21. The molecule has 1 aromatic carbocycles. The van der Waals surface area contributed by atoms with Crippen LogP contribution in [0.2, 0.25) is 0 Å². The lowest BCUT2D eigenvalue weighted by atomic mass is 10.1. The van der Waals surface area contributed by atoms with Crippen molar-refractivity contribution < 1.29 is 14.4 Å². The van der Waals surface area contributed by atoms with Crippen molar-refractivity contribution in [3.8, 4) is 0 Å². The van der Waals surface area contributed by atoms with Gasteiger partial charge in [-0.2, -0.15) is 0 Å². The molecule has 0 unspecified atom stereocenters. The normalized spacial score (nSPS) is 16.0. The molecule has 1 aliphatic heterocycles. The lowest BCUT2D eigenvalue weighted by Crippen LogP contribution is -2.33. The van der Waals surface area contributed by atoms with Crippen molar-refractivity contribution in [2.45, 2.75) is 27.3 Å². The number of likely N-dealkylation sites (N-methyl/N-ethyl adjacent to an activating group) is 2. The number of thioether (sulfide) groups is 1. The standard InChI is InChI=1S/C20H23N3O3S/c1-4-21(5-2)18(24)13-22-12-14(15-9-7-8-10-16(15)22)11-17-19(25)23(6-3)20(26)27-17/h7-12H,4-6,13H2,1-3H3/b17-11-. The number of aromatic nitrogens is 1. The van der Waals surface area contributed by atoms with Gasteiger partial charge in [-0.1, -0.05) is 18.2 Å². The van der Waals surface area contributed by atoms with Crippen LogP contribution in [-0.4, -0.2) is 51.1 Å². The molecule has 7 heteroatoms. The van der Waals surface area contributed by atoms with E-state index < -0.39 is 0 Å². The summed E-state index contributed by atoms with van der Waals surface area (Å²) in [4.78, 5) is 40.3. The second kappa shape index (κ2) is 8.00. The van der Waals surface area contributed by atoms with E-state index in [0.29, 0.717) is 24.5 Å².